The van der Waals surface area contributed by atoms with Crippen molar-refractivity contribution in [2.75, 3.05) is 16.0 Å². The highest BCUT2D eigenvalue weighted by molar-refractivity contribution is 6.35. The van der Waals surface area contributed by atoms with E-state index in [-0.39, 0.29) is 22.6 Å². The van der Waals surface area contributed by atoms with Crippen molar-refractivity contribution in [3.8, 4) is 0 Å². The number of hydrogen-bond acceptors (Lipinski definition) is 5. The number of amides is 1. The van der Waals surface area contributed by atoms with Gasteiger partial charge in [-0.1, -0.05) is 35.3 Å². The summed E-state index contributed by atoms with van der Waals surface area (Å²) in [6.07, 6.45) is 3.20. The smallest absolute Gasteiger partial charge is 0.255 e. The summed E-state index contributed by atoms with van der Waals surface area (Å²) in [6, 6.07) is 20.2. The van der Waals surface area contributed by atoms with Gasteiger partial charge in [0.15, 0.2) is 0 Å². The molecule has 2 aromatic heterocycles. The number of carbonyl (C=O) groups excluding carboxylic acids is 1. The first-order valence-corrected chi connectivity index (χ1v) is 11.1. The fourth-order valence-corrected chi connectivity index (χ4v) is 3.53. The molecule has 0 aliphatic heterocycles. The fourth-order valence-electron chi connectivity index (χ4n) is 3.07. The number of benzene rings is 2. The van der Waals surface area contributed by atoms with E-state index in [0.717, 1.165) is 0 Å². The topological polar surface area (TPSA) is 127 Å². The van der Waals surface area contributed by atoms with Crippen LogP contribution in [-0.2, 0) is 0 Å². The van der Waals surface area contributed by atoms with E-state index in [0.29, 0.717) is 39.0 Å². The number of halogens is 2. The van der Waals surface area contributed by atoms with Crippen molar-refractivity contribution in [3.05, 3.63) is 112 Å². The Bertz CT molecular complexity index is 1400. The number of hydrogen-bond donors (Lipinski definition) is 5. The maximum absolute atomic E-state index is 12.7. The number of amidine groups is 2. The summed E-state index contributed by atoms with van der Waals surface area (Å²) in [7, 11) is 0. The molecule has 1 amide bonds. The molecule has 8 nitrogen and oxygen atoms in total. The third-order valence-electron chi connectivity index (χ3n) is 4.82. The van der Waals surface area contributed by atoms with E-state index in [1.54, 1.807) is 79.1 Å². The van der Waals surface area contributed by atoms with Gasteiger partial charge in [0.1, 0.15) is 23.1 Å². The van der Waals surface area contributed by atoms with E-state index < -0.39 is 0 Å². The molecule has 4 rings (SSSR count). The Morgan fingerprint density at radius 3 is 1.71 bits per heavy atom. The van der Waals surface area contributed by atoms with Gasteiger partial charge in [-0.2, -0.15) is 0 Å². The van der Waals surface area contributed by atoms with E-state index in [9.17, 15) is 4.79 Å². The van der Waals surface area contributed by atoms with Crippen molar-refractivity contribution in [3.63, 3.8) is 0 Å². The quantitative estimate of drug-likeness (QED) is 0.165. The molecule has 4 aromatic rings. The van der Waals surface area contributed by atoms with Gasteiger partial charge in [0.2, 0.25) is 0 Å². The second-order valence-electron chi connectivity index (χ2n) is 7.27. The van der Waals surface area contributed by atoms with Gasteiger partial charge in [-0.25, -0.2) is 0 Å². The number of nitrogens with zero attached hydrogens (tertiary/aromatic N) is 2. The Morgan fingerprint density at radius 2 is 1.23 bits per heavy atom. The summed E-state index contributed by atoms with van der Waals surface area (Å²) in [4.78, 5) is 21.0. The first-order chi connectivity index (χ1) is 16.9. The molecular formula is C25H19Cl2N7O. The Hall–Kier alpha value is -4.27. The lowest BCUT2D eigenvalue weighted by atomic mass is 10.1. The third-order valence-corrected chi connectivity index (χ3v) is 5.45. The van der Waals surface area contributed by atoms with Crippen molar-refractivity contribution in [2.45, 2.75) is 0 Å². The van der Waals surface area contributed by atoms with Gasteiger partial charge in [0, 0.05) is 23.6 Å². The predicted molar refractivity (Wildman–Crippen MR) is 140 cm³/mol. The van der Waals surface area contributed by atoms with Crippen LogP contribution < -0.4 is 16.0 Å². The summed E-state index contributed by atoms with van der Waals surface area (Å²) in [5.74, 6) is -0.191. The zero-order valence-electron chi connectivity index (χ0n) is 18.1. The second-order valence-corrected chi connectivity index (χ2v) is 8.09. The van der Waals surface area contributed by atoms with Gasteiger partial charge in [-0.15, -0.1) is 0 Å². The SMILES string of the molecule is N=C(Nc1ccc(NC(=O)c2ccc(NC(=N)c3ccccn3)c(Cl)c2)cc1Cl)c1ccccn1. The van der Waals surface area contributed by atoms with Crippen molar-refractivity contribution in [1.29, 1.82) is 10.8 Å². The van der Waals surface area contributed by atoms with Gasteiger partial charge < -0.3 is 16.0 Å². The normalized spacial score (nSPS) is 10.3. The maximum atomic E-state index is 12.7. The van der Waals surface area contributed by atoms with Gasteiger partial charge in [0.05, 0.1) is 21.4 Å². The lowest BCUT2D eigenvalue weighted by molar-refractivity contribution is 0.102. The van der Waals surface area contributed by atoms with Crippen LogP contribution in [0.15, 0.2) is 85.2 Å². The summed E-state index contributed by atoms with van der Waals surface area (Å²) in [5.41, 5.74) is 2.74. The average molecular weight is 504 g/mol. The third kappa shape index (κ3) is 6.00. The minimum absolute atomic E-state index is 0.0872. The first-order valence-electron chi connectivity index (χ1n) is 10.3. The Kier molecular flexibility index (Phi) is 7.35. The average Bonchev–Trinajstić information content (AvgIpc) is 2.87. The van der Waals surface area contributed by atoms with Crippen LogP contribution in [0.3, 0.4) is 0 Å². The molecule has 0 atom stereocenters. The van der Waals surface area contributed by atoms with Crippen LogP contribution in [0.25, 0.3) is 0 Å². The zero-order chi connectivity index (χ0) is 24.8. The first kappa shape index (κ1) is 23.9. The summed E-state index contributed by atoms with van der Waals surface area (Å²) in [6.45, 7) is 0. The monoisotopic (exact) mass is 503 g/mol. The van der Waals surface area contributed by atoms with E-state index in [2.05, 4.69) is 25.9 Å². The van der Waals surface area contributed by atoms with E-state index in [4.69, 9.17) is 34.0 Å². The molecule has 174 valence electrons. The number of carbonyl (C=O) groups is 1. The zero-order valence-corrected chi connectivity index (χ0v) is 19.7. The minimum atomic E-state index is -0.378. The Balaban J connectivity index is 1.41. The lowest BCUT2D eigenvalue weighted by Gasteiger charge is -2.12. The van der Waals surface area contributed by atoms with Crippen LogP contribution in [0.1, 0.15) is 21.7 Å². The molecule has 10 heteroatoms. The molecule has 0 aliphatic carbocycles. The summed E-state index contributed by atoms with van der Waals surface area (Å²) < 4.78 is 0. The second kappa shape index (κ2) is 10.8. The minimum Gasteiger partial charge on any atom is -0.338 e. The molecule has 0 aliphatic rings. The van der Waals surface area contributed by atoms with Crippen LogP contribution in [0.2, 0.25) is 10.0 Å². The maximum Gasteiger partial charge on any atom is 0.255 e. The molecule has 2 aromatic carbocycles. The van der Waals surface area contributed by atoms with Crippen LogP contribution in [-0.4, -0.2) is 27.5 Å². The Morgan fingerprint density at radius 1 is 0.686 bits per heavy atom. The largest absolute Gasteiger partial charge is 0.338 e. The highest BCUT2D eigenvalue weighted by Crippen LogP contribution is 2.27. The van der Waals surface area contributed by atoms with Crippen molar-refractivity contribution < 1.29 is 4.79 Å². The van der Waals surface area contributed by atoms with Crippen LogP contribution >= 0.6 is 23.2 Å². The molecule has 2 heterocycles. The van der Waals surface area contributed by atoms with Gasteiger partial charge in [0.25, 0.3) is 5.91 Å². The number of nitrogens with one attached hydrogen (secondary N) is 5. The number of aromatic nitrogens is 2. The molecule has 0 bridgehead atoms. The molecule has 35 heavy (non-hydrogen) atoms. The van der Waals surface area contributed by atoms with Crippen LogP contribution in [0, 0.1) is 10.8 Å². The molecule has 0 spiro atoms. The van der Waals surface area contributed by atoms with E-state index in [1.165, 1.54) is 6.07 Å². The highest BCUT2D eigenvalue weighted by atomic mass is 35.5. The molecule has 0 unspecified atom stereocenters. The fraction of sp³-hybridized carbons (Fsp3) is 0. The van der Waals surface area contributed by atoms with E-state index in [1.807, 2.05) is 0 Å². The highest BCUT2D eigenvalue weighted by Gasteiger charge is 2.13. The molecule has 0 radical (unpaired) electrons. The number of rotatable bonds is 6. The Labute approximate surface area is 211 Å². The molecule has 0 saturated heterocycles. The van der Waals surface area contributed by atoms with Gasteiger partial charge >= 0.3 is 0 Å². The van der Waals surface area contributed by atoms with E-state index >= 15 is 0 Å². The summed E-state index contributed by atoms with van der Waals surface area (Å²) >= 11 is 12.7. The molecule has 0 saturated carbocycles. The summed E-state index contributed by atoms with van der Waals surface area (Å²) in [5, 5.41) is 25.5. The standard InChI is InChI=1S/C25H19Cl2N7O/c26-17-13-15(7-9-19(17)33-23(28)21-5-1-3-11-30-21)25(35)32-16-8-10-20(18(27)14-16)34-24(29)22-6-2-4-12-31-22/h1-14H,(H2,28,33)(H2,29,34)(H,32,35). The molecule has 5 N–H and O–H groups in total. The number of pyridine rings is 2. The molecular weight excluding hydrogens is 485 g/mol. The van der Waals surface area contributed by atoms with Crippen LogP contribution in [0.5, 0.6) is 0 Å². The lowest BCUT2D eigenvalue weighted by Crippen LogP contribution is -2.15. The van der Waals surface area contributed by atoms with Gasteiger partial charge in [-0.05, 0) is 60.7 Å². The van der Waals surface area contributed by atoms with Gasteiger partial charge in [-0.3, -0.25) is 25.6 Å². The van der Waals surface area contributed by atoms with Crippen molar-refractivity contribution in [1.82, 2.24) is 9.97 Å². The van der Waals surface area contributed by atoms with Crippen LogP contribution in [0.4, 0.5) is 17.1 Å². The van der Waals surface area contributed by atoms with Crippen molar-refractivity contribution in [2.24, 2.45) is 0 Å². The predicted octanol–water partition coefficient (Wildman–Crippen LogP) is 5.91. The van der Waals surface area contributed by atoms with Crippen molar-refractivity contribution >= 4 is 57.8 Å². The number of anilines is 3. The molecule has 0 fully saturated rings.